The molecule has 12 heteroatoms. The van der Waals surface area contributed by atoms with Crippen LogP contribution in [0, 0.1) is 0 Å². The van der Waals surface area contributed by atoms with Crippen LogP contribution in [0.25, 0.3) is 10.9 Å². The van der Waals surface area contributed by atoms with Gasteiger partial charge in [0.25, 0.3) is 5.91 Å². The number of anilines is 1. The number of nitrogens with one attached hydrogen (secondary N) is 3. The van der Waals surface area contributed by atoms with Crippen LogP contribution in [0.3, 0.4) is 0 Å². The van der Waals surface area contributed by atoms with Crippen LogP contribution in [0.5, 0.6) is 0 Å². The van der Waals surface area contributed by atoms with Gasteiger partial charge >= 0.3 is 6.03 Å². The Hall–Kier alpha value is -2.37. The summed E-state index contributed by atoms with van der Waals surface area (Å²) < 4.78 is 24.7. The van der Waals surface area contributed by atoms with Crippen LogP contribution >= 0.6 is 11.6 Å². The van der Waals surface area contributed by atoms with E-state index in [1.165, 1.54) is 0 Å². The SMILES string of the molecule is CS(=O)(=O)NCCN1C(=O)NC2(CCN(c3cc(Cl)cc4[nH]ncc34)CC2)C1=O. The number of carbonyl (C=O) groups is 2. The van der Waals surface area contributed by atoms with E-state index in [4.69, 9.17) is 11.6 Å². The minimum atomic E-state index is -3.38. The maximum absolute atomic E-state index is 12.9. The minimum Gasteiger partial charge on any atom is -0.371 e. The molecule has 29 heavy (non-hydrogen) atoms. The summed E-state index contributed by atoms with van der Waals surface area (Å²) in [4.78, 5) is 28.5. The number of carbonyl (C=O) groups excluding carboxylic acids is 2. The molecule has 2 aliphatic heterocycles. The van der Waals surface area contributed by atoms with Gasteiger partial charge in [-0.2, -0.15) is 5.10 Å². The van der Waals surface area contributed by atoms with Crippen molar-refractivity contribution in [3.63, 3.8) is 0 Å². The standard InChI is InChI=1S/C17H21ClN6O4S/c1-29(27,28)20-4-7-24-15(25)17(21-16(24)26)2-5-23(6-3-17)14-9-11(18)8-13-12(14)10-19-22-13/h8-10,20H,2-7H2,1H3,(H,19,22)(H,21,26). The molecule has 1 aromatic carbocycles. The molecule has 3 amide bonds. The Morgan fingerprint density at radius 3 is 2.69 bits per heavy atom. The largest absolute Gasteiger partial charge is 0.371 e. The summed E-state index contributed by atoms with van der Waals surface area (Å²) in [5.74, 6) is -0.308. The van der Waals surface area contributed by atoms with E-state index in [0.29, 0.717) is 31.0 Å². The van der Waals surface area contributed by atoms with E-state index in [2.05, 4.69) is 25.1 Å². The van der Waals surface area contributed by atoms with E-state index in [-0.39, 0.29) is 19.0 Å². The number of piperidine rings is 1. The van der Waals surface area contributed by atoms with Crippen LogP contribution in [0.1, 0.15) is 12.8 Å². The summed E-state index contributed by atoms with van der Waals surface area (Å²) in [6, 6.07) is 3.19. The number of fused-ring (bicyclic) bond motifs is 1. The van der Waals surface area contributed by atoms with Gasteiger partial charge < -0.3 is 10.2 Å². The van der Waals surface area contributed by atoms with Gasteiger partial charge in [0, 0.05) is 42.3 Å². The first-order chi connectivity index (χ1) is 13.7. The number of urea groups is 1. The molecule has 0 radical (unpaired) electrons. The zero-order chi connectivity index (χ0) is 20.8. The predicted molar refractivity (Wildman–Crippen MR) is 108 cm³/mol. The van der Waals surface area contributed by atoms with Gasteiger partial charge in [0.1, 0.15) is 5.54 Å². The third kappa shape index (κ3) is 3.77. The Balaban J connectivity index is 1.46. The fraction of sp³-hybridized carbons (Fsp3) is 0.471. The van der Waals surface area contributed by atoms with Crippen molar-refractivity contribution in [2.45, 2.75) is 18.4 Å². The van der Waals surface area contributed by atoms with E-state index < -0.39 is 21.6 Å². The summed E-state index contributed by atoms with van der Waals surface area (Å²) in [5.41, 5.74) is 0.817. The Morgan fingerprint density at radius 1 is 1.28 bits per heavy atom. The van der Waals surface area contributed by atoms with Crippen LogP contribution in [0.15, 0.2) is 18.3 Å². The van der Waals surface area contributed by atoms with Crippen molar-refractivity contribution in [2.24, 2.45) is 0 Å². The maximum Gasteiger partial charge on any atom is 0.325 e. The first kappa shape index (κ1) is 19.9. The molecule has 0 bridgehead atoms. The number of nitrogens with zero attached hydrogens (tertiary/aromatic N) is 3. The van der Waals surface area contributed by atoms with E-state index in [0.717, 1.165) is 27.7 Å². The number of aromatic nitrogens is 2. The monoisotopic (exact) mass is 440 g/mol. The average molecular weight is 441 g/mol. The zero-order valence-corrected chi connectivity index (χ0v) is 17.3. The van der Waals surface area contributed by atoms with Crippen molar-refractivity contribution in [1.29, 1.82) is 0 Å². The van der Waals surface area contributed by atoms with Gasteiger partial charge in [-0.25, -0.2) is 17.9 Å². The molecule has 2 aliphatic rings. The highest BCUT2D eigenvalue weighted by atomic mass is 35.5. The first-order valence-electron chi connectivity index (χ1n) is 9.15. The number of benzene rings is 1. The number of amides is 3. The van der Waals surface area contributed by atoms with Gasteiger partial charge in [-0.05, 0) is 25.0 Å². The zero-order valence-electron chi connectivity index (χ0n) is 15.7. The number of imide groups is 1. The molecule has 156 valence electrons. The number of rotatable bonds is 5. The van der Waals surface area contributed by atoms with Gasteiger partial charge in [0.05, 0.1) is 18.0 Å². The van der Waals surface area contributed by atoms with Crippen molar-refractivity contribution in [3.05, 3.63) is 23.4 Å². The molecule has 4 rings (SSSR count). The number of sulfonamides is 1. The Morgan fingerprint density at radius 2 is 2.00 bits per heavy atom. The highest BCUT2D eigenvalue weighted by molar-refractivity contribution is 7.88. The highest BCUT2D eigenvalue weighted by Gasteiger charge is 2.52. The van der Waals surface area contributed by atoms with Crippen molar-refractivity contribution in [1.82, 2.24) is 25.1 Å². The van der Waals surface area contributed by atoms with E-state index in [1.807, 2.05) is 12.1 Å². The van der Waals surface area contributed by atoms with Crippen molar-refractivity contribution in [2.75, 3.05) is 37.3 Å². The van der Waals surface area contributed by atoms with Crippen LogP contribution in [-0.4, -0.2) is 73.4 Å². The van der Waals surface area contributed by atoms with Gasteiger partial charge in [0.2, 0.25) is 10.0 Å². The number of hydrogen-bond donors (Lipinski definition) is 3. The van der Waals surface area contributed by atoms with Crippen LogP contribution in [-0.2, 0) is 14.8 Å². The average Bonchev–Trinajstić information content (AvgIpc) is 3.19. The second kappa shape index (κ2) is 7.15. The lowest BCUT2D eigenvalue weighted by Gasteiger charge is -2.38. The Bertz CT molecular complexity index is 1080. The highest BCUT2D eigenvalue weighted by Crippen LogP contribution is 2.35. The lowest BCUT2D eigenvalue weighted by atomic mass is 9.87. The van der Waals surface area contributed by atoms with E-state index in [9.17, 15) is 18.0 Å². The van der Waals surface area contributed by atoms with Gasteiger partial charge in [-0.15, -0.1) is 0 Å². The predicted octanol–water partition coefficient (Wildman–Crippen LogP) is 0.656. The molecule has 0 saturated carbocycles. The fourth-order valence-electron chi connectivity index (χ4n) is 3.95. The summed E-state index contributed by atoms with van der Waals surface area (Å²) in [7, 11) is -3.38. The molecule has 0 unspecified atom stereocenters. The van der Waals surface area contributed by atoms with Gasteiger partial charge in [-0.1, -0.05) is 11.6 Å². The topological polar surface area (TPSA) is 128 Å². The molecule has 0 atom stereocenters. The number of aromatic amines is 1. The molecule has 2 fully saturated rings. The maximum atomic E-state index is 12.9. The summed E-state index contributed by atoms with van der Waals surface area (Å²) in [6.45, 7) is 1.10. The Kier molecular flexibility index (Phi) is 4.91. The van der Waals surface area contributed by atoms with Crippen LogP contribution in [0.4, 0.5) is 10.5 Å². The quantitative estimate of drug-likeness (QED) is 0.586. The second-order valence-corrected chi connectivity index (χ2v) is 9.65. The third-order valence-electron chi connectivity index (χ3n) is 5.40. The van der Waals surface area contributed by atoms with Gasteiger partial charge in [0.15, 0.2) is 0 Å². The molecule has 10 nitrogen and oxygen atoms in total. The van der Waals surface area contributed by atoms with Crippen molar-refractivity contribution >= 4 is 50.2 Å². The molecule has 1 spiro atoms. The summed E-state index contributed by atoms with van der Waals surface area (Å²) in [6.07, 6.45) is 3.66. The smallest absolute Gasteiger partial charge is 0.325 e. The molecule has 2 aromatic rings. The normalized spacial score (nSPS) is 19.4. The lowest BCUT2D eigenvalue weighted by molar-refractivity contribution is -0.131. The number of halogens is 1. The summed E-state index contributed by atoms with van der Waals surface area (Å²) >= 11 is 6.22. The number of H-pyrrole nitrogens is 1. The Labute approximate surface area is 172 Å². The molecule has 1 aromatic heterocycles. The van der Waals surface area contributed by atoms with Crippen LogP contribution in [0.2, 0.25) is 5.02 Å². The molecule has 0 aliphatic carbocycles. The minimum absolute atomic E-state index is 0.00681. The molecule has 2 saturated heterocycles. The first-order valence-corrected chi connectivity index (χ1v) is 11.4. The summed E-state index contributed by atoms with van der Waals surface area (Å²) in [5, 5.41) is 11.3. The molecule has 3 heterocycles. The fourth-order valence-corrected chi connectivity index (χ4v) is 4.62. The molecular formula is C17H21ClN6O4S. The van der Waals surface area contributed by atoms with E-state index in [1.54, 1.807) is 6.20 Å². The number of hydrogen-bond acceptors (Lipinski definition) is 6. The molecular weight excluding hydrogens is 420 g/mol. The second-order valence-electron chi connectivity index (χ2n) is 7.38. The van der Waals surface area contributed by atoms with Crippen LogP contribution < -0.4 is 14.9 Å². The van der Waals surface area contributed by atoms with Crippen molar-refractivity contribution < 1.29 is 18.0 Å². The lowest BCUT2D eigenvalue weighted by Crippen LogP contribution is -2.55. The van der Waals surface area contributed by atoms with Crippen molar-refractivity contribution in [3.8, 4) is 0 Å². The molecule has 3 N–H and O–H groups in total. The van der Waals surface area contributed by atoms with Gasteiger partial charge in [-0.3, -0.25) is 14.8 Å². The third-order valence-corrected chi connectivity index (χ3v) is 6.35. The van der Waals surface area contributed by atoms with E-state index >= 15 is 0 Å².